The van der Waals surface area contributed by atoms with Gasteiger partial charge in [0.05, 0.1) is 5.75 Å². The Morgan fingerprint density at radius 1 is 1.55 bits per heavy atom. The third-order valence-corrected chi connectivity index (χ3v) is 4.85. The standard InChI is InChI=1S/C13H19N3O3S/c1-15(2)13(5-3-6-13)9-16-7-4-10(17)14-12(16)20-8-11(18)19/h4,7H,3,5-6,8-9H2,1-2H3,(H,18,19). The average Bonchev–Trinajstić information content (AvgIpc) is 2.32. The molecule has 0 bridgehead atoms. The zero-order chi connectivity index (χ0) is 14.8. The van der Waals surface area contributed by atoms with E-state index in [2.05, 4.69) is 24.0 Å². The largest absolute Gasteiger partial charge is 0.481 e. The SMILES string of the molecule is CN(C)C1(Cn2ccc(=O)nc2SCC(=O)O)CCC1. The van der Waals surface area contributed by atoms with Crippen molar-refractivity contribution in [1.82, 2.24) is 14.5 Å². The molecule has 0 radical (unpaired) electrons. The highest BCUT2D eigenvalue weighted by molar-refractivity contribution is 7.99. The van der Waals surface area contributed by atoms with E-state index in [4.69, 9.17) is 5.11 Å². The number of thioether (sulfide) groups is 1. The van der Waals surface area contributed by atoms with Crippen LogP contribution in [0.25, 0.3) is 0 Å². The number of likely N-dealkylation sites (N-methyl/N-ethyl adjacent to an activating group) is 1. The van der Waals surface area contributed by atoms with E-state index in [1.54, 1.807) is 6.20 Å². The molecule has 1 heterocycles. The van der Waals surface area contributed by atoms with Gasteiger partial charge < -0.3 is 14.6 Å². The van der Waals surface area contributed by atoms with Gasteiger partial charge in [0.15, 0.2) is 5.16 Å². The van der Waals surface area contributed by atoms with Crippen LogP contribution in [0.2, 0.25) is 0 Å². The summed E-state index contributed by atoms with van der Waals surface area (Å²) in [6.45, 7) is 0.731. The fourth-order valence-electron chi connectivity index (χ4n) is 2.42. The average molecular weight is 297 g/mol. The third-order valence-electron chi connectivity index (χ3n) is 3.87. The van der Waals surface area contributed by atoms with Gasteiger partial charge in [-0.1, -0.05) is 11.8 Å². The number of rotatable bonds is 6. The quantitative estimate of drug-likeness (QED) is 0.621. The van der Waals surface area contributed by atoms with E-state index in [0.717, 1.165) is 31.1 Å². The highest BCUT2D eigenvalue weighted by Gasteiger charge is 2.39. The fourth-order valence-corrected chi connectivity index (χ4v) is 3.12. The molecule has 6 nitrogen and oxygen atoms in total. The van der Waals surface area contributed by atoms with Crippen LogP contribution in [0, 0.1) is 0 Å². The fraction of sp³-hybridized carbons (Fsp3) is 0.615. The Morgan fingerprint density at radius 3 is 2.75 bits per heavy atom. The van der Waals surface area contributed by atoms with Crippen molar-refractivity contribution in [2.24, 2.45) is 0 Å². The first kappa shape index (κ1) is 15.1. The molecule has 2 rings (SSSR count). The van der Waals surface area contributed by atoms with Gasteiger partial charge in [-0.3, -0.25) is 9.59 Å². The molecule has 110 valence electrons. The molecule has 1 aromatic rings. The highest BCUT2D eigenvalue weighted by atomic mass is 32.2. The van der Waals surface area contributed by atoms with Crippen LogP contribution in [-0.2, 0) is 11.3 Å². The molecule has 1 N–H and O–H groups in total. The lowest BCUT2D eigenvalue weighted by Crippen LogP contribution is -2.53. The Kier molecular flexibility index (Phi) is 4.49. The first-order chi connectivity index (χ1) is 9.43. The van der Waals surface area contributed by atoms with Crippen LogP contribution in [0.1, 0.15) is 19.3 Å². The van der Waals surface area contributed by atoms with E-state index >= 15 is 0 Å². The van der Waals surface area contributed by atoms with E-state index < -0.39 is 5.97 Å². The van der Waals surface area contributed by atoms with Gasteiger partial charge in [0.25, 0.3) is 5.56 Å². The molecular formula is C13H19N3O3S. The second kappa shape index (κ2) is 5.97. The minimum absolute atomic E-state index is 0.0918. The van der Waals surface area contributed by atoms with Crippen LogP contribution in [-0.4, -0.2) is 50.9 Å². The summed E-state index contributed by atoms with van der Waals surface area (Å²) in [5, 5.41) is 9.25. The summed E-state index contributed by atoms with van der Waals surface area (Å²) in [6, 6.07) is 1.42. The molecule has 1 fully saturated rings. The van der Waals surface area contributed by atoms with Gasteiger partial charge in [-0.05, 0) is 33.4 Å². The van der Waals surface area contributed by atoms with Crippen LogP contribution in [0.4, 0.5) is 0 Å². The van der Waals surface area contributed by atoms with Crippen molar-refractivity contribution in [2.45, 2.75) is 36.5 Å². The van der Waals surface area contributed by atoms with Gasteiger partial charge in [-0.2, -0.15) is 4.98 Å². The molecule has 0 saturated heterocycles. The van der Waals surface area contributed by atoms with Crippen LogP contribution in [0.15, 0.2) is 22.2 Å². The van der Waals surface area contributed by atoms with E-state index in [1.165, 1.54) is 12.5 Å². The molecule has 1 saturated carbocycles. The Balaban J connectivity index is 2.22. The van der Waals surface area contributed by atoms with Gasteiger partial charge in [-0.15, -0.1) is 0 Å². The van der Waals surface area contributed by atoms with E-state index in [1.807, 2.05) is 4.57 Å². The Labute approximate surface area is 121 Å². The van der Waals surface area contributed by atoms with Gasteiger partial charge in [0, 0.05) is 24.3 Å². The van der Waals surface area contributed by atoms with Crippen molar-refractivity contribution >= 4 is 17.7 Å². The number of hydrogen-bond acceptors (Lipinski definition) is 5. The van der Waals surface area contributed by atoms with Crippen molar-refractivity contribution in [3.8, 4) is 0 Å². The molecule has 1 aromatic heterocycles. The number of aromatic nitrogens is 2. The molecule has 0 spiro atoms. The maximum Gasteiger partial charge on any atom is 0.313 e. The summed E-state index contributed by atoms with van der Waals surface area (Å²) in [5.74, 6) is -1.00. The number of carbonyl (C=O) groups is 1. The highest BCUT2D eigenvalue weighted by Crippen LogP contribution is 2.38. The second-order valence-corrected chi connectivity index (χ2v) is 6.27. The predicted octanol–water partition coefficient (Wildman–Crippen LogP) is 0.904. The summed E-state index contributed by atoms with van der Waals surface area (Å²) in [5.41, 5.74) is -0.239. The van der Waals surface area contributed by atoms with Crippen molar-refractivity contribution < 1.29 is 9.90 Å². The topological polar surface area (TPSA) is 75.4 Å². The second-order valence-electron chi connectivity index (χ2n) is 5.33. The van der Waals surface area contributed by atoms with E-state index in [-0.39, 0.29) is 16.9 Å². The summed E-state index contributed by atoms with van der Waals surface area (Å²) in [7, 11) is 4.11. The lowest BCUT2D eigenvalue weighted by atomic mass is 9.75. The number of carboxylic acid groups (broad SMARTS) is 1. The number of hydrogen-bond donors (Lipinski definition) is 1. The molecule has 1 aliphatic rings. The van der Waals surface area contributed by atoms with Crippen LogP contribution in [0.3, 0.4) is 0 Å². The Bertz CT molecular complexity index is 552. The van der Waals surface area contributed by atoms with Gasteiger partial charge in [0.1, 0.15) is 0 Å². The molecule has 0 amide bonds. The minimum atomic E-state index is -0.911. The van der Waals surface area contributed by atoms with Crippen LogP contribution >= 0.6 is 11.8 Å². The monoisotopic (exact) mass is 297 g/mol. The lowest BCUT2D eigenvalue weighted by Gasteiger charge is -2.47. The predicted molar refractivity (Wildman–Crippen MR) is 77.1 cm³/mol. The van der Waals surface area contributed by atoms with Crippen LogP contribution in [0.5, 0.6) is 0 Å². The minimum Gasteiger partial charge on any atom is -0.481 e. The summed E-state index contributed by atoms with van der Waals surface area (Å²) in [6.07, 6.45) is 5.12. The maximum atomic E-state index is 11.4. The van der Waals surface area contributed by atoms with Crippen molar-refractivity contribution in [3.63, 3.8) is 0 Å². The normalized spacial score (nSPS) is 16.9. The number of carboxylic acids is 1. The molecule has 0 unspecified atom stereocenters. The van der Waals surface area contributed by atoms with Crippen molar-refractivity contribution in [2.75, 3.05) is 19.8 Å². The molecule has 0 atom stereocenters. The maximum absolute atomic E-state index is 11.4. The molecule has 0 aliphatic heterocycles. The number of nitrogens with zero attached hydrogens (tertiary/aromatic N) is 3. The smallest absolute Gasteiger partial charge is 0.313 e. The van der Waals surface area contributed by atoms with Gasteiger partial charge >= 0.3 is 5.97 Å². The van der Waals surface area contributed by atoms with Gasteiger partial charge in [-0.25, -0.2) is 0 Å². The summed E-state index contributed by atoms with van der Waals surface area (Å²) >= 11 is 1.09. The molecular weight excluding hydrogens is 278 g/mol. The van der Waals surface area contributed by atoms with Crippen molar-refractivity contribution in [3.05, 3.63) is 22.6 Å². The first-order valence-electron chi connectivity index (χ1n) is 6.52. The zero-order valence-corrected chi connectivity index (χ0v) is 12.5. The number of aliphatic carboxylic acids is 1. The van der Waals surface area contributed by atoms with E-state index in [0.29, 0.717) is 5.16 Å². The molecule has 1 aliphatic carbocycles. The summed E-state index contributed by atoms with van der Waals surface area (Å²) < 4.78 is 1.90. The summed E-state index contributed by atoms with van der Waals surface area (Å²) in [4.78, 5) is 28.2. The third kappa shape index (κ3) is 3.21. The molecule has 0 aromatic carbocycles. The zero-order valence-electron chi connectivity index (χ0n) is 11.7. The molecule has 20 heavy (non-hydrogen) atoms. The first-order valence-corrected chi connectivity index (χ1v) is 7.51. The van der Waals surface area contributed by atoms with Crippen molar-refractivity contribution in [1.29, 1.82) is 0 Å². The molecule has 7 heteroatoms. The Morgan fingerprint density at radius 2 is 2.25 bits per heavy atom. The van der Waals surface area contributed by atoms with Crippen LogP contribution < -0.4 is 5.56 Å². The lowest BCUT2D eigenvalue weighted by molar-refractivity contribution is -0.133. The Hall–Kier alpha value is -1.34. The van der Waals surface area contributed by atoms with E-state index in [9.17, 15) is 9.59 Å². The van der Waals surface area contributed by atoms with Gasteiger partial charge in [0.2, 0.25) is 0 Å².